The number of benzene rings is 1. The van der Waals surface area contributed by atoms with E-state index in [1.54, 1.807) is 11.3 Å². The number of hydrogen-bond donors (Lipinski definition) is 1. The van der Waals surface area contributed by atoms with Crippen molar-refractivity contribution in [1.29, 1.82) is 0 Å². The van der Waals surface area contributed by atoms with Crippen LogP contribution in [-0.4, -0.2) is 12.1 Å². The van der Waals surface area contributed by atoms with E-state index in [0.29, 0.717) is 0 Å². The van der Waals surface area contributed by atoms with Crippen LogP contribution in [0.25, 0.3) is 0 Å². The van der Waals surface area contributed by atoms with Crippen LogP contribution in [0, 0.1) is 0 Å². The van der Waals surface area contributed by atoms with Gasteiger partial charge in [-0.3, -0.25) is 0 Å². The van der Waals surface area contributed by atoms with Crippen molar-refractivity contribution < 1.29 is 4.74 Å². The maximum atomic E-state index is 6.03. The number of thiophene rings is 1. The van der Waals surface area contributed by atoms with Gasteiger partial charge < -0.3 is 10.1 Å². The van der Waals surface area contributed by atoms with Gasteiger partial charge in [-0.2, -0.15) is 0 Å². The predicted molar refractivity (Wildman–Crippen MR) is 84.9 cm³/mol. The average Bonchev–Trinajstić information content (AvgIpc) is 2.91. The van der Waals surface area contributed by atoms with E-state index in [-0.39, 0.29) is 11.6 Å². The number of halogens is 1. The zero-order chi connectivity index (χ0) is 14.2. The summed E-state index contributed by atoms with van der Waals surface area (Å²) >= 11 is 7.61. The van der Waals surface area contributed by atoms with Crippen LogP contribution < -0.4 is 10.1 Å². The SMILES string of the molecule is CC1(C)Oc2ccccc2C1NCCc1ccc(Cl)s1. The zero-order valence-corrected chi connectivity index (χ0v) is 13.2. The third-order valence-corrected chi connectivity index (χ3v) is 4.94. The van der Waals surface area contributed by atoms with E-state index in [9.17, 15) is 0 Å². The van der Waals surface area contributed by atoms with Gasteiger partial charge in [-0.25, -0.2) is 0 Å². The van der Waals surface area contributed by atoms with Gasteiger partial charge >= 0.3 is 0 Å². The molecule has 1 N–H and O–H groups in total. The number of ether oxygens (including phenoxy) is 1. The molecule has 0 fully saturated rings. The van der Waals surface area contributed by atoms with E-state index in [4.69, 9.17) is 16.3 Å². The lowest BCUT2D eigenvalue weighted by molar-refractivity contribution is 0.0968. The fourth-order valence-corrected chi connectivity index (χ4v) is 3.80. The highest BCUT2D eigenvalue weighted by Gasteiger charge is 2.40. The van der Waals surface area contributed by atoms with Crippen molar-refractivity contribution in [3.8, 4) is 5.75 Å². The highest BCUT2D eigenvalue weighted by atomic mass is 35.5. The highest BCUT2D eigenvalue weighted by molar-refractivity contribution is 7.16. The van der Waals surface area contributed by atoms with Gasteiger partial charge in [0.25, 0.3) is 0 Å². The second-order valence-corrected chi connectivity index (χ2v) is 7.39. The molecule has 1 aliphatic rings. The summed E-state index contributed by atoms with van der Waals surface area (Å²) in [6.07, 6.45) is 0.992. The molecule has 0 amide bonds. The largest absolute Gasteiger partial charge is 0.486 e. The van der Waals surface area contributed by atoms with Gasteiger partial charge in [0.1, 0.15) is 11.4 Å². The minimum atomic E-state index is -0.212. The van der Waals surface area contributed by atoms with Crippen molar-refractivity contribution in [3.05, 3.63) is 51.2 Å². The number of fused-ring (bicyclic) bond motifs is 1. The van der Waals surface area contributed by atoms with Gasteiger partial charge in [0.2, 0.25) is 0 Å². The quantitative estimate of drug-likeness (QED) is 0.901. The number of rotatable bonds is 4. The molecular weight excluding hydrogens is 290 g/mol. The van der Waals surface area contributed by atoms with Crippen LogP contribution in [0.15, 0.2) is 36.4 Å². The fourth-order valence-electron chi connectivity index (χ4n) is 2.71. The molecule has 2 heterocycles. The Morgan fingerprint density at radius 2 is 2.05 bits per heavy atom. The predicted octanol–water partition coefficient (Wildman–Crippen LogP) is 4.45. The van der Waals surface area contributed by atoms with Crippen molar-refractivity contribution in [2.75, 3.05) is 6.54 Å². The lowest BCUT2D eigenvalue weighted by Gasteiger charge is -2.27. The standard InChI is InChI=1S/C16H18ClNOS/c1-16(2)15(12-5-3-4-6-13(12)19-16)18-10-9-11-7-8-14(17)20-11/h3-8,15,18H,9-10H2,1-2H3. The fraction of sp³-hybridized carbons (Fsp3) is 0.375. The summed E-state index contributed by atoms with van der Waals surface area (Å²) in [7, 11) is 0. The van der Waals surface area contributed by atoms with Gasteiger partial charge in [-0.1, -0.05) is 29.8 Å². The van der Waals surface area contributed by atoms with Crippen LogP contribution in [0.4, 0.5) is 0 Å². The Bertz CT molecular complexity index is 608. The lowest BCUT2D eigenvalue weighted by Crippen LogP contribution is -2.39. The van der Waals surface area contributed by atoms with Gasteiger partial charge in [-0.15, -0.1) is 11.3 Å². The first-order valence-electron chi connectivity index (χ1n) is 6.82. The molecule has 1 aromatic carbocycles. The Hall–Kier alpha value is -1.03. The van der Waals surface area contributed by atoms with Crippen molar-refractivity contribution in [2.45, 2.75) is 31.9 Å². The molecule has 1 atom stereocenters. The molecule has 0 radical (unpaired) electrons. The van der Waals surface area contributed by atoms with E-state index in [1.165, 1.54) is 10.4 Å². The minimum absolute atomic E-state index is 0.212. The molecule has 106 valence electrons. The molecule has 0 saturated heterocycles. The van der Waals surface area contributed by atoms with E-state index in [2.05, 4.69) is 37.4 Å². The monoisotopic (exact) mass is 307 g/mol. The lowest BCUT2D eigenvalue weighted by atomic mass is 9.94. The third-order valence-electron chi connectivity index (χ3n) is 3.65. The molecule has 1 aliphatic heterocycles. The second kappa shape index (κ2) is 5.40. The third kappa shape index (κ3) is 2.71. The summed E-state index contributed by atoms with van der Waals surface area (Å²) < 4.78 is 6.89. The van der Waals surface area contributed by atoms with Crippen molar-refractivity contribution in [3.63, 3.8) is 0 Å². The first kappa shape index (κ1) is 13.9. The van der Waals surface area contributed by atoms with E-state index in [1.807, 2.05) is 18.2 Å². The molecular formula is C16H18ClNOS. The molecule has 0 bridgehead atoms. The van der Waals surface area contributed by atoms with Crippen molar-refractivity contribution >= 4 is 22.9 Å². The van der Waals surface area contributed by atoms with Gasteiger partial charge in [0.05, 0.1) is 10.4 Å². The maximum absolute atomic E-state index is 6.03. The van der Waals surface area contributed by atoms with Crippen LogP contribution >= 0.6 is 22.9 Å². The summed E-state index contributed by atoms with van der Waals surface area (Å²) in [6.45, 7) is 5.18. The normalized spacial score (nSPS) is 19.6. The number of para-hydroxylation sites is 1. The van der Waals surface area contributed by atoms with Gasteiger partial charge in [0, 0.05) is 17.0 Å². The first-order chi connectivity index (χ1) is 9.56. The van der Waals surface area contributed by atoms with Crippen LogP contribution in [0.3, 0.4) is 0 Å². The first-order valence-corrected chi connectivity index (χ1v) is 8.01. The average molecular weight is 308 g/mol. The Kier molecular flexibility index (Phi) is 3.76. The summed E-state index contributed by atoms with van der Waals surface area (Å²) in [4.78, 5) is 1.31. The Labute approximate surface area is 128 Å². The molecule has 2 aromatic rings. The summed E-state index contributed by atoms with van der Waals surface area (Å²) in [6, 6.07) is 12.6. The highest BCUT2D eigenvalue weighted by Crippen LogP contribution is 2.42. The molecule has 1 aromatic heterocycles. The van der Waals surface area contributed by atoms with Crippen LogP contribution in [-0.2, 0) is 6.42 Å². The Morgan fingerprint density at radius 3 is 2.80 bits per heavy atom. The molecule has 3 rings (SSSR count). The molecule has 0 spiro atoms. The summed E-state index contributed by atoms with van der Waals surface area (Å²) in [5.74, 6) is 0.995. The van der Waals surface area contributed by atoms with Gasteiger partial charge in [-0.05, 0) is 38.5 Å². The molecule has 0 saturated carbocycles. The number of nitrogens with one attached hydrogen (secondary N) is 1. The van der Waals surface area contributed by atoms with E-state index in [0.717, 1.165) is 23.1 Å². The van der Waals surface area contributed by atoms with Crippen molar-refractivity contribution in [1.82, 2.24) is 5.32 Å². The summed E-state index contributed by atoms with van der Waals surface area (Å²) in [5, 5.41) is 3.62. The van der Waals surface area contributed by atoms with Crippen LogP contribution in [0.1, 0.15) is 30.3 Å². The minimum Gasteiger partial charge on any atom is -0.486 e. The van der Waals surface area contributed by atoms with Crippen LogP contribution in [0.5, 0.6) is 5.75 Å². The smallest absolute Gasteiger partial charge is 0.125 e. The Balaban J connectivity index is 1.67. The van der Waals surface area contributed by atoms with Crippen molar-refractivity contribution in [2.24, 2.45) is 0 Å². The second-order valence-electron chi connectivity index (χ2n) is 5.59. The topological polar surface area (TPSA) is 21.3 Å². The van der Waals surface area contributed by atoms with E-state index >= 15 is 0 Å². The van der Waals surface area contributed by atoms with Gasteiger partial charge in [0.15, 0.2) is 0 Å². The molecule has 0 aliphatic carbocycles. The van der Waals surface area contributed by atoms with Crippen LogP contribution in [0.2, 0.25) is 4.34 Å². The number of hydrogen-bond acceptors (Lipinski definition) is 3. The molecule has 20 heavy (non-hydrogen) atoms. The maximum Gasteiger partial charge on any atom is 0.125 e. The molecule has 1 unspecified atom stereocenters. The Morgan fingerprint density at radius 1 is 1.25 bits per heavy atom. The molecule has 4 heteroatoms. The zero-order valence-electron chi connectivity index (χ0n) is 11.7. The summed E-state index contributed by atoms with van der Waals surface area (Å²) in [5.41, 5.74) is 1.04. The van der Waals surface area contributed by atoms with E-state index < -0.39 is 0 Å². The molecule has 2 nitrogen and oxygen atoms in total.